The van der Waals surface area contributed by atoms with E-state index >= 15 is 0 Å². The van der Waals surface area contributed by atoms with Crippen molar-refractivity contribution < 1.29 is 14.6 Å². The molecule has 0 heterocycles. The number of carboxylic acid groups (broad SMARTS) is 1. The molecule has 1 aromatic rings. The fourth-order valence-corrected chi connectivity index (χ4v) is 2.39. The normalized spacial score (nSPS) is 16.6. The van der Waals surface area contributed by atoms with Gasteiger partial charge in [0.2, 0.25) is 0 Å². The summed E-state index contributed by atoms with van der Waals surface area (Å²) in [4.78, 5) is 10.8. The Morgan fingerprint density at radius 2 is 2.05 bits per heavy atom. The van der Waals surface area contributed by atoms with Gasteiger partial charge in [-0.15, -0.1) is 0 Å². The molecule has 3 N–H and O–H groups in total. The van der Waals surface area contributed by atoms with Crippen LogP contribution in [0.3, 0.4) is 0 Å². The van der Waals surface area contributed by atoms with Crippen LogP contribution in [0, 0.1) is 19.8 Å². The lowest BCUT2D eigenvalue weighted by Crippen LogP contribution is -2.21. The highest BCUT2D eigenvalue weighted by atomic mass is 16.5. The lowest BCUT2D eigenvalue weighted by molar-refractivity contribution is -0.137. The lowest BCUT2D eigenvalue weighted by atomic mass is 9.86. The third kappa shape index (κ3) is 3.51. The quantitative estimate of drug-likeness (QED) is 0.838. The first kappa shape index (κ1) is 14.9. The van der Waals surface area contributed by atoms with Gasteiger partial charge in [0.15, 0.2) is 0 Å². The fraction of sp³-hybridized carbons (Fsp3) is 0.562. The van der Waals surface area contributed by atoms with E-state index in [1.807, 2.05) is 26.0 Å². The minimum Gasteiger partial charge on any atom is -0.493 e. The average molecular weight is 277 g/mol. The molecule has 4 heteroatoms. The zero-order valence-electron chi connectivity index (χ0n) is 12.2. The number of ether oxygens (including phenoxy) is 1. The lowest BCUT2D eigenvalue weighted by Gasteiger charge is -2.26. The van der Waals surface area contributed by atoms with Crippen LogP contribution < -0.4 is 10.5 Å². The van der Waals surface area contributed by atoms with Crippen LogP contribution in [0.1, 0.15) is 48.4 Å². The third-order valence-corrected chi connectivity index (χ3v) is 4.12. The first-order chi connectivity index (χ1) is 9.47. The van der Waals surface area contributed by atoms with E-state index < -0.39 is 12.0 Å². The smallest absolute Gasteiger partial charge is 0.305 e. The van der Waals surface area contributed by atoms with Crippen molar-refractivity contribution in [1.29, 1.82) is 0 Å². The van der Waals surface area contributed by atoms with Gasteiger partial charge in [-0.05, 0) is 49.8 Å². The first-order valence-corrected chi connectivity index (χ1v) is 7.18. The number of rotatable bonds is 6. The Morgan fingerprint density at radius 1 is 1.40 bits per heavy atom. The standard InChI is InChI=1S/C16H23NO3/c1-10-6-13(14(17)8-16(18)19)15(7-11(10)2)20-9-12-4-3-5-12/h6-7,12,14H,3-5,8-9,17H2,1-2H3,(H,18,19). The predicted molar refractivity (Wildman–Crippen MR) is 77.9 cm³/mol. The van der Waals surface area contributed by atoms with Gasteiger partial charge in [-0.1, -0.05) is 12.5 Å². The minimum atomic E-state index is -0.888. The van der Waals surface area contributed by atoms with Crippen LogP contribution in [-0.4, -0.2) is 17.7 Å². The summed E-state index contributed by atoms with van der Waals surface area (Å²) >= 11 is 0. The summed E-state index contributed by atoms with van der Waals surface area (Å²) in [6.07, 6.45) is 3.65. The molecule has 2 rings (SSSR count). The topological polar surface area (TPSA) is 72.5 Å². The molecule has 1 aromatic carbocycles. The van der Waals surface area contributed by atoms with E-state index in [4.69, 9.17) is 15.6 Å². The molecule has 0 aromatic heterocycles. The summed E-state index contributed by atoms with van der Waals surface area (Å²) in [5.74, 6) is 0.495. The Bertz CT molecular complexity index is 495. The first-order valence-electron chi connectivity index (χ1n) is 7.18. The van der Waals surface area contributed by atoms with Gasteiger partial charge in [-0.3, -0.25) is 4.79 Å². The van der Waals surface area contributed by atoms with E-state index in [0.717, 1.165) is 22.4 Å². The van der Waals surface area contributed by atoms with Crippen molar-refractivity contribution in [2.24, 2.45) is 11.7 Å². The van der Waals surface area contributed by atoms with Crippen LogP contribution in [0.25, 0.3) is 0 Å². The second kappa shape index (κ2) is 6.27. The molecule has 1 fully saturated rings. The van der Waals surface area contributed by atoms with E-state index in [9.17, 15) is 4.79 Å². The molecule has 1 aliphatic carbocycles. The Morgan fingerprint density at radius 3 is 2.60 bits per heavy atom. The summed E-state index contributed by atoms with van der Waals surface area (Å²) in [5.41, 5.74) is 9.06. The number of hydrogen-bond donors (Lipinski definition) is 2. The van der Waals surface area contributed by atoms with Gasteiger partial charge in [0, 0.05) is 11.6 Å². The molecule has 0 radical (unpaired) electrons. The van der Waals surface area contributed by atoms with Crippen LogP contribution in [0.5, 0.6) is 5.75 Å². The molecule has 0 saturated heterocycles. The summed E-state index contributed by atoms with van der Waals surface area (Å²) in [6.45, 7) is 4.73. The van der Waals surface area contributed by atoms with E-state index in [0.29, 0.717) is 12.5 Å². The molecule has 20 heavy (non-hydrogen) atoms. The van der Waals surface area contributed by atoms with Crippen molar-refractivity contribution in [3.63, 3.8) is 0 Å². The van der Waals surface area contributed by atoms with Crippen LogP contribution >= 0.6 is 0 Å². The Kier molecular flexibility index (Phi) is 4.65. The van der Waals surface area contributed by atoms with Gasteiger partial charge < -0.3 is 15.6 Å². The molecule has 1 unspecified atom stereocenters. The number of carboxylic acids is 1. The highest BCUT2D eigenvalue weighted by molar-refractivity contribution is 5.68. The van der Waals surface area contributed by atoms with Crippen molar-refractivity contribution in [2.45, 2.75) is 45.6 Å². The van der Waals surface area contributed by atoms with Gasteiger partial charge in [-0.25, -0.2) is 0 Å². The van der Waals surface area contributed by atoms with Crippen molar-refractivity contribution in [2.75, 3.05) is 6.61 Å². The molecular formula is C16H23NO3. The molecular weight excluding hydrogens is 254 g/mol. The number of benzene rings is 1. The van der Waals surface area contributed by atoms with Crippen LogP contribution in [0.15, 0.2) is 12.1 Å². The summed E-state index contributed by atoms with van der Waals surface area (Å²) in [7, 11) is 0. The Balaban J connectivity index is 2.17. The molecule has 1 saturated carbocycles. The maximum Gasteiger partial charge on any atom is 0.305 e. The van der Waals surface area contributed by atoms with Gasteiger partial charge in [0.25, 0.3) is 0 Å². The van der Waals surface area contributed by atoms with E-state index in [2.05, 4.69) is 0 Å². The summed E-state index contributed by atoms with van der Waals surface area (Å²) < 4.78 is 5.91. The highest BCUT2D eigenvalue weighted by Crippen LogP contribution is 2.32. The van der Waals surface area contributed by atoms with Crippen LogP contribution in [-0.2, 0) is 4.79 Å². The predicted octanol–water partition coefficient (Wildman–Crippen LogP) is 2.96. The van der Waals surface area contributed by atoms with Gasteiger partial charge in [-0.2, -0.15) is 0 Å². The number of aliphatic carboxylic acids is 1. The molecule has 1 atom stereocenters. The van der Waals surface area contributed by atoms with Crippen LogP contribution in [0.2, 0.25) is 0 Å². The van der Waals surface area contributed by atoms with Crippen LogP contribution in [0.4, 0.5) is 0 Å². The SMILES string of the molecule is Cc1cc(OCC2CCC2)c(C(N)CC(=O)O)cc1C. The molecule has 0 bridgehead atoms. The van der Waals surface area contributed by atoms with E-state index in [-0.39, 0.29) is 6.42 Å². The fourth-order valence-electron chi connectivity index (χ4n) is 2.39. The number of aryl methyl sites for hydroxylation is 2. The molecule has 110 valence electrons. The number of carbonyl (C=O) groups is 1. The highest BCUT2D eigenvalue weighted by Gasteiger charge is 2.21. The zero-order chi connectivity index (χ0) is 14.7. The van der Waals surface area contributed by atoms with Crippen molar-refractivity contribution in [3.05, 3.63) is 28.8 Å². The molecule has 0 spiro atoms. The Hall–Kier alpha value is -1.55. The zero-order valence-corrected chi connectivity index (χ0v) is 12.2. The van der Waals surface area contributed by atoms with Gasteiger partial charge in [0.05, 0.1) is 13.0 Å². The summed E-state index contributed by atoms with van der Waals surface area (Å²) in [6, 6.07) is 3.41. The van der Waals surface area contributed by atoms with Crippen molar-refractivity contribution in [3.8, 4) is 5.75 Å². The van der Waals surface area contributed by atoms with Gasteiger partial charge in [0.1, 0.15) is 5.75 Å². The largest absolute Gasteiger partial charge is 0.493 e. The third-order valence-electron chi connectivity index (χ3n) is 4.12. The maximum absolute atomic E-state index is 10.8. The minimum absolute atomic E-state index is 0.0811. The number of nitrogens with two attached hydrogens (primary N) is 1. The average Bonchev–Trinajstić information content (AvgIpc) is 2.30. The van der Waals surface area contributed by atoms with Crippen molar-refractivity contribution >= 4 is 5.97 Å². The maximum atomic E-state index is 10.8. The molecule has 0 amide bonds. The molecule has 4 nitrogen and oxygen atoms in total. The van der Waals surface area contributed by atoms with Gasteiger partial charge >= 0.3 is 5.97 Å². The second-order valence-electron chi connectivity index (χ2n) is 5.79. The second-order valence-corrected chi connectivity index (χ2v) is 5.79. The molecule has 1 aliphatic rings. The molecule has 0 aliphatic heterocycles. The Labute approximate surface area is 119 Å². The monoisotopic (exact) mass is 277 g/mol. The van der Waals surface area contributed by atoms with E-state index in [1.54, 1.807) is 0 Å². The van der Waals surface area contributed by atoms with Crippen molar-refractivity contribution in [1.82, 2.24) is 0 Å². The number of hydrogen-bond acceptors (Lipinski definition) is 3. The summed E-state index contributed by atoms with van der Waals surface area (Å²) in [5, 5.41) is 8.90. The van der Waals surface area contributed by atoms with E-state index in [1.165, 1.54) is 19.3 Å².